The summed E-state index contributed by atoms with van der Waals surface area (Å²) in [4.78, 5) is 50.8. The normalized spacial score (nSPS) is 17.4. The summed E-state index contributed by atoms with van der Waals surface area (Å²) in [5.41, 5.74) is 0.720. The van der Waals surface area contributed by atoms with E-state index >= 15 is 0 Å². The Morgan fingerprint density at radius 1 is 1.18 bits per heavy atom. The average Bonchev–Trinajstić information content (AvgIpc) is 3.44. The van der Waals surface area contributed by atoms with Gasteiger partial charge in [-0.05, 0) is 30.7 Å². The average molecular weight is 591 g/mol. The number of alkyl halides is 3. The second kappa shape index (κ2) is 9.67. The number of hydrogen-bond donors (Lipinski definition) is 2. The third-order valence-corrected chi connectivity index (χ3v) is 6.96. The van der Waals surface area contributed by atoms with Crippen molar-refractivity contribution in [3.8, 4) is 11.3 Å². The fourth-order valence-electron chi connectivity index (χ4n) is 4.45. The Morgan fingerprint density at radius 2 is 1.97 bits per heavy atom. The van der Waals surface area contributed by atoms with E-state index in [1.807, 2.05) is 0 Å². The molecule has 14 heteroatoms. The quantitative estimate of drug-likeness (QED) is 0.440. The van der Waals surface area contributed by atoms with E-state index in [0.717, 1.165) is 6.07 Å². The first kappa shape index (κ1) is 25.6. The van der Waals surface area contributed by atoms with Crippen molar-refractivity contribution in [3.05, 3.63) is 63.8 Å². The Labute approximate surface area is 221 Å². The summed E-state index contributed by atoms with van der Waals surface area (Å²) >= 11 is 2.89. The number of aromatic nitrogens is 3. The highest BCUT2D eigenvalue weighted by atomic mass is 79.9. The molecule has 0 bridgehead atoms. The molecule has 4 amide bonds. The van der Waals surface area contributed by atoms with Crippen molar-refractivity contribution in [3.63, 3.8) is 0 Å². The van der Waals surface area contributed by atoms with Gasteiger partial charge in [0.25, 0.3) is 5.91 Å². The summed E-state index contributed by atoms with van der Waals surface area (Å²) in [6.07, 6.45) is -2.87. The minimum atomic E-state index is -4.56. The number of carbonyl (C=O) groups excluding carboxylic acids is 4. The maximum atomic E-state index is 13.2. The third kappa shape index (κ3) is 4.90. The molecule has 2 N–H and O–H groups in total. The fourth-order valence-corrected chi connectivity index (χ4v) is 4.92. The largest absolute Gasteiger partial charge is 0.417 e. The smallest absolute Gasteiger partial charge is 0.324 e. The van der Waals surface area contributed by atoms with E-state index in [1.54, 1.807) is 18.2 Å². The minimum absolute atomic E-state index is 0.0788. The van der Waals surface area contributed by atoms with Crippen LogP contribution in [0.15, 0.2) is 47.1 Å². The van der Waals surface area contributed by atoms with Gasteiger partial charge in [-0.3, -0.25) is 24.5 Å². The number of benzene rings is 2. The first-order valence-corrected chi connectivity index (χ1v) is 12.1. The molecule has 2 aliphatic rings. The Hall–Kier alpha value is -4.07. The summed E-state index contributed by atoms with van der Waals surface area (Å²) in [5.74, 6) is -1.81. The van der Waals surface area contributed by atoms with Crippen LogP contribution in [0.25, 0.3) is 11.3 Å². The highest BCUT2D eigenvalue weighted by Gasteiger charge is 2.40. The molecule has 38 heavy (non-hydrogen) atoms. The van der Waals surface area contributed by atoms with Crippen LogP contribution in [0.3, 0.4) is 0 Å². The molecule has 0 aliphatic carbocycles. The Bertz CT molecular complexity index is 1490. The maximum absolute atomic E-state index is 13.2. The van der Waals surface area contributed by atoms with E-state index < -0.39 is 29.6 Å². The lowest BCUT2D eigenvalue weighted by Crippen LogP contribution is -2.52. The van der Waals surface area contributed by atoms with Crippen molar-refractivity contribution in [2.75, 3.05) is 5.32 Å². The molecular weight excluding hydrogens is 573 g/mol. The molecule has 10 nitrogen and oxygen atoms in total. The number of piperidine rings is 1. The van der Waals surface area contributed by atoms with Crippen molar-refractivity contribution in [2.45, 2.75) is 38.1 Å². The summed E-state index contributed by atoms with van der Waals surface area (Å²) in [7, 11) is 0. The van der Waals surface area contributed by atoms with Gasteiger partial charge in [0.2, 0.25) is 17.7 Å². The molecule has 1 fully saturated rings. The van der Waals surface area contributed by atoms with Gasteiger partial charge in [0.05, 0.1) is 11.8 Å². The summed E-state index contributed by atoms with van der Waals surface area (Å²) in [5, 5.41) is 12.7. The van der Waals surface area contributed by atoms with Crippen LogP contribution < -0.4 is 10.6 Å². The molecule has 2 aliphatic heterocycles. The molecule has 1 aromatic heterocycles. The van der Waals surface area contributed by atoms with Crippen LogP contribution in [0.2, 0.25) is 0 Å². The van der Waals surface area contributed by atoms with E-state index in [4.69, 9.17) is 0 Å². The number of fused-ring (bicyclic) bond motifs is 1. The molecule has 3 aromatic rings. The van der Waals surface area contributed by atoms with Crippen molar-refractivity contribution in [1.29, 1.82) is 0 Å². The molecule has 196 valence electrons. The molecule has 0 saturated carbocycles. The zero-order valence-corrected chi connectivity index (χ0v) is 21.0. The topological polar surface area (TPSA) is 126 Å². The summed E-state index contributed by atoms with van der Waals surface area (Å²) in [6.45, 7) is -0.209. The standard InChI is InChI=1S/C24H18BrF3N6O4/c25-16-5-4-12(8-15(16)24(26,27)28)18-10-33(32-31-18)11-21(36)29-17-3-1-2-13-14(17)9-34(23(13)38)19-6-7-20(35)30-22(19)37/h1-5,8,10,19H,6-7,9,11H2,(H,29,36)(H,30,35,37). The second-order valence-electron chi connectivity index (χ2n) is 8.77. The van der Waals surface area contributed by atoms with Crippen LogP contribution in [-0.2, 0) is 33.6 Å². The Kier molecular flexibility index (Phi) is 6.51. The highest BCUT2D eigenvalue weighted by molar-refractivity contribution is 9.10. The van der Waals surface area contributed by atoms with Gasteiger partial charge in [-0.2, -0.15) is 13.2 Å². The number of amides is 4. The van der Waals surface area contributed by atoms with Gasteiger partial charge in [0.15, 0.2) is 0 Å². The van der Waals surface area contributed by atoms with E-state index in [1.165, 1.54) is 27.9 Å². The third-order valence-electron chi connectivity index (χ3n) is 6.27. The maximum Gasteiger partial charge on any atom is 0.417 e. The zero-order valence-electron chi connectivity index (χ0n) is 19.4. The van der Waals surface area contributed by atoms with Crippen LogP contribution in [-0.4, -0.2) is 49.6 Å². The molecule has 0 radical (unpaired) electrons. The summed E-state index contributed by atoms with van der Waals surface area (Å²) < 4.78 is 40.8. The number of imide groups is 1. The highest BCUT2D eigenvalue weighted by Crippen LogP contribution is 2.37. The number of halogens is 4. The number of carbonyl (C=O) groups is 4. The van der Waals surface area contributed by atoms with Gasteiger partial charge in [-0.25, -0.2) is 4.68 Å². The van der Waals surface area contributed by atoms with E-state index in [9.17, 15) is 32.3 Å². The lowest BCUT2D eigenvalue weighted by Gasteiger charge is -2.29. The molecule has 2 aromatic carbocycles. The number of nitrogens with zero attached hydrogens (tertiary/aromatic N) is 4. The Morgan fingerprint density at radius 3 is 2.71 bits per heavy atom. The molecule has 0 spiro atoms. The first-order chi connectivity index (χ1) is 18.0. The minimum Gasteiger partial charge on any atom is -0.324 e. The van der Waals surface area contributed by atoms with Gasteiger partial charge in [-0.15, -0.1) is 5.10 Å². The van der Waals surface area contributed by atoms with E-state index in [2.05, 4.69) is 36.9 Å². The van der Waals surface area contributed by atoms with E-state index in [0.29, 0.717) is 16.8 Å². The lowest BCUT2D eigenvalue weighted by molar-refractivity contribution is -0.138. The van der Waals surface area contributed by atoms with Crippen LogP contribution in [0, 0.1) is 0 Å². The van der Waals surface area contributed by atoms with Crippen LogP contribution in [0.5, 0.6) is 0 Å². The molecule has 1 unspecified atom stereocenters. The number of rotatable bonds is 5. The number of anilines is 1. The lowest BCUT2D eigenvalue weighted by atomic mass is 10.0. The van der Waals surface area contributed by atoms with Crippen molar-refractivity contribution >= 4 is 45.2 Å². The molecule has 5 rings (SSSR count). The number of nitrogens with one attached hydrogen (secondary N) is 2. The molecule has 1 saturated heterocycles. The predicted molar refractivity (Wildman–Crippen MR) is 129 cm³/mol. The predicted octanol–water partition coefficient (Wildman–Crippen LogP) is 3.13. The first-order valence-electron chi connectivity index (χ1n) is 11.3. The second-order valence-corrected chi connectivity index (χ2v) is 9.63. The molecule has 3 heterocycles. The van der Waals surface area contributed by atoms with Crippen LogP contribution >= 0.6 is 15.9 Å². The van der Waals surface area contributed by atoms with Gasteiger partial charge in [0.1, 0.15) is 18.3 Å². The monoisotopic (exact) mass is 590 g/mol. The van der Waals surface area contributed by atoms with Crippen LogP contribution in [0.1, 0.15) is 34.3 Å². The van der Waals surface area contributed by atoms with Crippen LogP contribution in [0.4, 0.5) is 18.9 Å². The number of hydrogen-bond acceptors (Lipinski definition) is 6. The fraction of sp³-hybridized carbons (Fsp3) is 0.250. The summed E-state index contributed by atoms with van der Waals surface area (Å²) in [6, 6.07) is 7.67. The van der Waals surface area contributed by atoms with Crippen molar-refractivity contribution in [2.24, 2.45) is 0 Å². The SMILES string of the molecule is O=C1CCC(N2Cc3c(NC(=O)Cn4cc(-c5ccc(Br)c(C(F)(F)F)c5)nn4)cccc3C2=O)C(=O)N1. The zero-order chi connectivity index (χ0) is 27.2. The molecule has 1 atom stereocenters. The van der Waals surface area contributed by atoms with Crippen molar-refractivity contribution < 1.29 is 32.3 Å². The van der Waals surface area contributed by atoms with Gasteiger partial charge in [0, 0.05) is 39.8 Å². The van der Waals surface area contributed by atoms with Gasteiger partial charge < -0.3 is 10.2 Å². The Balaban J connectivity index is 1.29. The van der Waals surface area contributed by atoms with Gasteiger partial charge in [-0.1, -0.05) is 33.3 Å². The van der Waals surface area contributed by atoms with Crippen molar-refractivity contribution in [1.82, 2.24) is 25.2 Å². The van der Waals surface area contributed by atoms with E-state index in [-0.39, 0.29) is 53.5 Å². The van der Waals surface area contributed by atoms with Gasteiger partial charge >= 0.3 is 6.18 Å². The molecular formula is C24H18BrF3N6O4.